The average molecular weight is 451 g/mol. The smallest absolute Gasteiger partial charge is 0.241 e. The van der Waals surface area contributed by atoms with Crippen molar-refractivity contribution in [3.05, 3.63) is 90.0 Å². The fourth-order valence-corrected chi connectivity index (χ4v) is 5.11. The van der Waals surface area contributed by atoms with Crippen LogP contribution < -0.4 is 14.4 Å². The second-order valence-corrected chi connectivity index (χ2v) is 10.2. The summed E-state index contributed by atoms with van der Waals surface area (Å²) in [5, 5.41) is 0. The Kier molecular flexibility index (Phi) is 5.79. The molecule has 0 radical (unpaired) electrons. The van der Waals surface area contributed by atoms with Crippen molar-refractivity contribution in [2.24, 2.45) is 0 Å². The van der Waals surface area contributed by atoms with Gasteiger partial charge in [0.15, 0.2) is 0 Å². The van der Waals surface area contributed by atoms with E-state index in [0.717, 1.165) is 11.1 Å². The molecule has 3 aromatic rings. The highest BCUT2D eigenvalue weighted by molar-refractivity contribution is 7.89. The highest BCUT2D eigenvalue weighted by atomic mass is 32.2. The van der Waals surface area contributed by atoms with Gasteiger partial charge in [-0.15, -0.1) is 0 Å². The fourth-order valence-electron chi connectivity index (χ4n) is 3.88. The first-order valence-corrected chi connectivity index (χ1v) is 11.9. The lowest BCUT2D eigenvalue weighted by Crippen LogP contribution is -2.48. The Morgan fingerprint density at radius 2 is 1.53 bits per heavy atom. The lowest BCUT2D eigenvalue weighted by Gasteiger charge is -2.39. The molecule has 1 aliphatic heterocycles. The zero-order chi connectivity index (χ0) is 22.9. The molecule has 0 saturated heterocycles. The number of anilines is 1. The molecular formula is C25H26N2O4S. The van der Waals surface area contributed by atoms with Crippen LogP contribution in [0.3, 0.4) is 0 Å². The zero-order valence-corrected chi connectivity index (χ0v) is 19.1. The van der Waals surface area contributed by atoms with Gasteiger partial charge in [0.1, 0.15) is 11.4 Å². The standard InChI is InChI=1S/C25H26N2O4S/c1-18(28)27-17-25(2,3)31-23-15-14-21(16-22(23)27)32(29,30)26-24(19-10-6-4-7-11-19)20-12-8-5-9-13-20/h4-16,24,26H,17H2,1-3H3. The number of benzene rings is 3. The van der Waals surface area contributed by atoms with Crippen LogP contribution in [-0.2, 0) is 14.8 Å². The van der Waals surface area contributed by atoms with Crippen LogP contribution in [0.1, 0.15) is 37.9 Å². The molecule has 0 fully saturated rings. The number of nitrogens with zero attached hydrogens (tertiary/aromatic N) is 1. The third-order valence-corrected chi connectivity index (χ3v) is 6.80. The van der Waals surface area contributed by atoms with Crippen molar-refractivity contribution < 1.29 is 17.9 Å². The Morgan fingerprint density at radius 1 is 0.969 bits per heavy atom. The number of amides is 1. The second-order valence-electron chi connectivity index (χ2n) is 8.47. The van der Waals surface area contributed by atoms with Crippen molar-refractivity contribution in [1.29, 1.82) is 0 Å². The number of nitrogens with one attached hydrogen (secondary N) is 1. The van der Waals surface area contributed by atoms with Crippen molar-refractivity contribution in [2.75, 3.05) is 11.4 Å². The Balaban J connectivity index is 1.73. The van der Waals surface area contributed by atoms with E-state index in [1.807, 2.05) is 74.5 Å². The van der Waals surface area contributed by atoms with E-state index in [0.29, 0.717) is 18.0 Å². The van der Waals surface area contributed by atoms with Crippen LogP contribution in [0.15, 0.2) is 83.8 Å². The number of hydrogen-bond acceptors (Lipinski definition) is 4. The molecule has 4 rings (SSSR count). The summed E-state index contributed by atoms with van der Waals surface area (Å²) < 4.78 is 35.7. The summed E-state index contributed by atoms with van der Waals surface area (Å²) >= 11 is 0. The number of carbonyl (C=O) groups excluding carboxylic acids is 1. The first-order valence-electron chi connectivity index (χ1n) is 10.4. The van der Waals surface area contributed by atoms with Gasteiger partial charge in [0.2, 0.25) is 15.9 Å². The lowest BCUT2D eigenvalue weighted by molar-refractivity contribution is -0.117. The van der Waals surface area contributed by atoms with Crippen LogP contribution in [-0.4, -0.2) is 26.5 Å². The van der Waals surface area contributed by atoms with Crippen LogP contribution >= 0.6 is 0 Å². The first-order chi connectivity index (χ1) is 15.2. The molecule has 1 aliphatic rings. The molecule has 1 amide bonds. The maximum atomic E-state index is 13.4. The van der Waals surface area contributed by atoms with Crippen molar-refractivity contribution in [2.45, 2.75) is 37.3 Å². The number of rotatable bonds is 5. The summed E-state index contributed by atoms with van der Waals surface area (Å²) in [7, 11) is -3.91. The predicted octanol–water partition coefficient (Wildman–Crippen LogP) is 4.28. The quantitative estimate of drug-likeness (QED) is 0.630. The molecule has 0 bridgehead atoms. The molecular weight excluding hydrogens is 424 g/mol. The molecule has 0 aliphatic carbocycles. The number of carbonyl (C=O) groups is 1. The van der Waals surface area contributed by atoms with Gasteiger partial charge >= 0.3 is 0 Å². The maximum Gasteiger partial charge on any atom is 0.241 e. The normalized spacial score (nSPS) is 15.2. The number of ether oxygens (including phenoxy) is 1. The van der Waals surface area contributed by atoms with Crippen molar-refractivity contribution in [1.82, 2.24) is 4.72 Å². The van der Waals surface area contributed by atoms with E-state index < -0.39 is 21.7 Å². The molecule has 0 aromatic heterocycles. The molecule has 3 aromatic carbocycles. The molecule has 0 saturated carbocycles. The Labute approximate surface area is 188 Å². The molecule has 166 valence electrons. The van der Waals surface area contributed by atoms with Gasteiger partial charge in [0.25, 0.3) is 0 Å². The Morgan fingerprint density at radius 3 is 2.06 bits per heavy atom. The largest absolute Gasteiger partial charge is 0.484 e. The van der Waals surface area contributed by atoms with Crippen LogP contribution in [0, 0.1) is 0 Å². The fraction of sp³-hybridized carbons (Fsp3) is 0.240. The van der Waals surface area contributed by atoms with Crippen molar-refractivity contribution in [3.63, 3.8) is 0 Å². The topological polar surface area (TPSA) is 75.7 Å². The molecule has 0 unspecified atom stereocenters. The van der Waals surface area contributed by atoms with Gasteiger partial charge in [-0.3, -0.25) is 4.79 Å². The summed E-state index contributed by atoms with van der Waals surface area (Å²) in [6.45, 7) is 5.58. The van der Waals surface area contributed by atoms with Gasteiger partial charge < -0.3 is 9.64 Å². The van der Waals surface area contributed by atoms with Crippen molar-refractivity contribution in [3.8, 4) is 5.75 Å². The third-order valence-electron chi connectivity index (χ3n) is 5.38. The Hall–Kier alpha value is -3.16. The van der Waals surface area contributed by atoms with Gasteiger partial charge in [0, 0.05) is 6.92 Å². The minimum absolute atomic E-state index is 0.0719. The predicted molar refractivity (Wildman–Crippen MR) is 124 cm³/mol. The van der Waals surface area contributed by atoms with E-state index in [4.69, 9.17) is 4.74 Å². The minimum atomic E-state index is -3.91. The SMILES string of the molecule is CC(=O)N1CC(C)(C)Oc2ccc(S(=O)(=O)NC(c3ccccc3)c3ccccc3)cc21. The molecule has 0 atom stereocenters. The van der Waals surface area contributed by atoms with E-state index in [1.54, 1.807) is 11.0 Å². The Bertz CT molecular complexity index is 1190. The average Bonchev–Trinajstić information content (AvgIpc) is 2.77. The van der Waals surface area contributed by atoms with Gasteiger partial charge in [-0.2, -0.15) is 4.72 Å². The maximum absolute atomic E-state index is 13.4. The van der Waals surface area contributed by atoms with Gasteiger partial charge in [-0.1, -0.05) is 60.7 Å². The number of hydrogen-bond donors (Lipinski definition) is 1. The van der Waals surface area contributed by atoms with Gasteiger partial charge in [-0.05, 0) is 43.2 Å². The zero-order valence-electron chi connectivity index (χ0n) is 18.3. The highest BCUT2D eigenvalue weighted by Crippen LogP contribution is 2.39. The summed E-state index contributed by atoms with van der Waals surface area (Å²) in [5.41, 5.74) is 1.55. The summed E-state index contributed by atoms with van der Waals surface area (Å²) in [4.78, 5) is 13.9. The molecule has 1 heterocycles. The monoisotopic (exact) mass is 450 g/mol. The van der Waals surface area contributed by atoms with Gasteiger partial charge in [-0.25, -0.2) is 8.42 Å². The first kappa shape index (κ1) is 22.0. The van der Waals surface area contributed by atoms with Gasteiger partial charge in [0.05, 0.1) is 23.2 Å². The minimum Gasteiger partial charge on any atom is -0.484 e. The molecule has 1 N–H and O–H groups in total. The van der Waals surface area contributed by atoms with E-state index in [-0.39, 0.29) is 10.8 Å². The summed E-state index contributed by atoms with van der Waals surface area (Å²) in [5.74, 6) is 0.314. The highest BCUT2D eigenvalue weighted by Gasteiger charge is 2.35. The van der Waals surface area contributed by atoms with Crippen LogP contribution in [0.4, 0.5) is 5.69 Å². The van der Waals surface area contributed by atoms with Crippen LogP contribution in [0.2, 0.25) is 0 Å². The van der Waals surface area contributed by atoms with Crippen LogP contribution in [0.5, 0.6) is 5.75 Å². The summed E-state index contributed by atoms with van der Waals surface area (Å²) in [6.07, 6.45) is 0. The number of sulfonamides is 1. The lowest BCUT2D eigenvalue weighted by atomic mass is 10.00. The van der Waals surface area contributed by atoms with E-state index in [1.165, 1.54) is 19.1 Å². The molecule has 0 spiro atoms. The molecule has 6 nitrogen and oxygen atoms in total. The molecule has 32 heavy (non-hydrogen) atoms. The van der Waals surface area contributed by atoms with Crippen LogP contribution in [0.25, 0.3) is 0 Å². The third kappa shape index (κ3) is 4.54. The molecule has 7 heteroatoms. The van der Waals surface area contributed by atoms with E-state index in [9.17, 15) is 13.2 Å². The van der Waals surface area contributed by atoms with Crippen molar-refractivity contribution >= 4 is 21.6 Å². The van der Waals surface area contributed by atoms with E-state index >= 15 is 0 Å². The number of fused-ring (bicyclic) bond motifs is 1. The summed E-state index contributed by atoms with van der Waals surface area (Å²) in [6, 6.07) is 22.9. The van der Waals surface area contributed by atoms with E-state index in [2.05, 4.69) is 4.72 Å². The second kappa shape index (κ2) is 8.41.